The van der Waals surface area contributed by atoms with E-state index in [1.807, 2.05) is 12.1 Å². The summed E-state index contributed by atoms with van der Waals surface area (Å²) in [5, 5.41) is 0. The van der Waals surface area contributed by atoms with Gasteiger partial charge in [0.1, 0.15) is 0 Å². The summed E-state index contributed by atoms with van der Waals surface area (Å²) in [6.07, 6.45) is 15.1. The minimum Gasteiger partial charge on any atom is -0.398 e. The number of nitrogens with two attached hydrogens (primary N) is 1. The standard InChI is InChI=1S/C19H33N/c1-3-4-5-6-7-8-9-10-11-12-15-18-17(2)14-13-16-19(18)20/h13-14,16H,3-12,15,20H2,1-2H3. The van der Waals surface area contributed by atoms with Crippen LogP contribution in [-0.2, 0) is 6.42 Å². The summed E-state index contributed by atoms with van der Waals surface area (Å²) in [5.74, 6) is 0. The van der Waals surface area contributed by atoms with Crippen molar-refractivity contribution in [1.82, 2.24) is 0 Å². The predicted molar refractivity (Wildman–Crippen MR) is 91.1 cm³/mol. The van der Waals surface area contributed by atoms with Crippen LogP contribution < -0.4 is 5.73 Å². The van der Waals surface area contributed by atoms with E-state index in [0.29, 0.717) is 0 Å². The Kier molecular flexibility index (Phi) is 9.19. The van der Waals surface area contributed by atoms with Crippen LogP contribution in [-0.4, -0.2) is 0 Å². The van der Waals surface area contributed by atoms with Crippen molar-refractivity contribution in [3.63, 3.8) is 0 Å². The van der Waals surface area contributed by atoms with Gasteiger partial charge in [-0.2, -0.15) is 0 Å². The van der Waals surface area contributed by atoms with Crippen LogP contribution in [0.1, 0.15) is 82.3 Å². The summed E-state index contributed by atoms with van der Waals surface area (Å²) in [5.41, 5.74) is 9.73. The van der Waals surface area contributed by atoms with Crippen molar-refractivity contribution in [2.24, 2.45) is 0 Å². The summed E-state index contributed by atoms with van der Waals surface area (Å²) in [6, 6.07) is 6.24. The van der Waals surface area contributed by atoms with Gasteiger partial charge in [0.05, 0.1) is 0 Å². The van der Waals surface area contributed by atoms with Gasteiger partial charge >= 0.3 is 0 Å². The number of hydrogen-bond donors (Lipinski definition) is 1. The van der Waals surface area contributed by atoms with E-state index in [0.717, 1.165) is 12.1 Å². The first-order chi connectivity index (χ1) is 9.75. The molecule has 1 aromatic rings. The highest BCUT2D eigenvalue weighted by Gasteiger charge is 2.02. The number of rotatable bonds is 11. The lowest BCUT2D eigenvalue weighted by Gasteiger charge is -2.09. The number of unbranched alkanes of at least 4 members (excludes halogenated alkanes) is 9. The van der Waals surface area contributed by atoms with E-state index >= 15 is 0 Å². The van der Waals surface area contributed by atoms with Crippen LogP contribution >= 0.6 is 0 Å². The lowest BCUT2D eigenvalue weighted by atomic mass is 9.99. The van der Waals surface area contributed by atoms with Gasteiger partial charge < -0.3 is 5.73 Å². The molecule has 1 aromatic carbocycles. The van der Waals surface area contributed by atoms with Crippen LogP contribution in [0.3, 0.4) is 0 Å². The van der Waals surface area contributed by atoms with Gasteiger partial charge in [0.25, 0.3) is 0 Å². The quantitative estimate of drug-likeness (QED) is 0.386. The van der Waals surface area contributed by atoms with E-state index in [1.165, 1.54) is 75.3 Å². The Balaban J connectivity index is 2.00. The van der Waals surface area contributed by atoms with Crippen molar-refractivity contribution in [3.05, 3.63) is 29.3 Å². The van der Waals surface area contributed by atoms with E-state index in [4.69, 9.17) is 5.73 Å². The summed E-state index contributed by atoms with van der Waals surface area (Å²) < 4.78 is 0. The fraction of sp³-hybridized carbons (Fsp3) is 0.684. The molecule has 1 rings (SSSR count). The molecule has 2 N–H and O–H groups in total. The lowest BCUT2D eigenvalue weighted by Crippen LogP contribution is -1.97. The zero-order valence-corrected chi connectivity index (χ0v) is 13.6. The molecule has 0 amide bonds. The molecule has 0 heterocycles. The van der Waals surface area contributed by atoms with Crippen LogP contribution in [0.25, 0.3) is 0 Å². The summed E-state index contributed by atoms with van der Waals surface area (Å²) in [6.45, 7) is 4.45. The largest absolute Gasteiger partial charge is 0.398 e. The van der Waals surface area contributed by atoms with E-state index < -0.39 is 0 Å². The number of aryl methyl sites for hydroxylation is 1. The molecule has 114 valence electrons. The van der Waals surface area contributed by atoms with Crippen molar-refractivity contribution >= 4 is 5.69 Å². The smallest absolute Gasteiger partial charge is 0.0349 e. The zero-order chi connectivity index (χ0) is 14.6. The lowest BCUT2D eigenvalue weighted by molar-refractivity contribution is 0.556. The van der Waals surface area contributed by atoms with Crippen molar-refractivity contribution in [2.75, 3.05) is 5.73 Å². The maximum atomic E-state index is 6.04. The number of hydrogen-bond acceptors (Lipinski definition) is 1. The van der Waals surface area contributed by atoms with Crippen molar-refractivity contribution in [2.45, 2.75) is 84.5 Å². The molecule has 0 saturated heterocycles. The fourth-order valence-electron chi connectivity index (χ4n) is 2.86. The average molecular weight is 275 g/mol. The van der Waals surface area contributed by atoms with E-state index in [2.05, 4.69) is 19.9 Å². The zero-order valence-electron chi connectivity index (χ0n) is 13.6. The molecule has 0 radical (unpaired) electrons. The van der Waals surface area contributed by atoms with Gasteiger partial charge in [-0.1, -0.05) is 76.8 Å². The fourth-order valence-corrected chi connectivity index (χ4v) is 2.86. The molecule has 0 saturated carbocycles. The molecule has 1 nitrogen and oxygen atoms in total. The second kappa shape index (κ2) is 10.8. The molecule has 0 fully saturated rings. The van der Waals surface area contributed by atoms with Gasteiger partial charge in [-0.05, 0) is 37.0 Å². The second-order valence-electron chi connectivity index (χ2n) is 6.07. The summed E-state index contributed by atoms with van der Waals surface area (Å²) >= 11 is 0. The number of benzene rings is 1. The molecule has 0 spiro atoms. The van der Waals surface area contributed by atoms with Crippen LogP contribution in [0.4, 0.5) is 5.69 Å². The first-order valence-corrected chi connectivity index (χ1v) is 8.59. The number of anilines is 1. The van der Waals surface area contributed by atoms with Crippen LogP contribution in [0.5, 0.6) is 0 Å². The SMILES string of the molecule is CCCCCCCCCCCCc1c(C)cccc1N. The molecule has 0 aliphatic heterocycles. The van der Waals surface area contributed by atoms with Gasteiger partial charge in [-0.25, -0.2) is 0 Å². The Morgan fingerprint density at radius 3 is 1.90 bits per heavy atom. The third kappa shape index (κ3) is 6.98. The Bertz CT molecular complexity index is 337. The van der Waals surface area contributed by atoms with E-state index in [-0.39, 0.29) is 0 Å². The van der Waals surface area contributed by atoms with E-state index in [1.54, 1.807) is 0 Å². The monoisotopic (exact) mass is 275 g/mol. The maximum absolute atomic E-state index is 6.04. The molecule has 0 aliphatic carbocycles. The van der Waals surface area contributed by atoms with Crippen molar-refractivity contribution in [3.8, 4) is 0 Å². The molecular formula is C19H33N. The Morgan fingerprint density at radius 1 is 0.800 bits per heavy atom. The Labute approximate surface area is 126 Å². The Morgan fingerprint density at radius 2 is 1.35 bits per heavy atom. The maximum Gasteiger partial charge on any atom is 0.0349 e. The Hall–Kier alpha value is -0.980. The highest BCUT2D eigenvalue weighted by Crippen LogP contribution is 2.19. The predicted octanol–water partition coefficient (Wildman–Crippen LogP) is 6.04. The highest BCUT2D eigenvalue weighted by molar-refractivity contribution is 5.50. The molecule has 0 aromatic heterocycles. The molecule has 20 heavy (non-hydrogen) atoms. The average Bonchev–Trinajstić information content (AvgIpc) is 2.43. The minimum atomic E-state index is 0.973. The molecule has 0 unspecified atom stereocenters. The summed E-state index contributed by atoms with van der Waals surface area (Å²) in [4.78, 5) is 0. The molecular weight excluding hydrogens is 242 g/mol. The van der Waals surface area contributed by atoms with Gasteiger partial charge in [0, 0.05) is 5.69 Å². The van der Waals surface area contributed by atoms with Crippen molar-refractivity contribution in [1.29, 1.82) is 0 Å². The minimum absolute atomic E-state index is 0.973. The first kappa shape index (κ1) is 17.1. The third-order valence-corrected chi connectivity index (χ3v) is 4.23. The highest BCUT2D eigenvalue weighted by atomic mass is 14.6. The summed E-state index contributed by atoms with van der Waals surface area (Å²) in [7, 11) is 0. The van der Waals surface area contributed by atoms with Crippen LogP contribution in [0.15, 0.2) is 18.2 Å². The van der Waals surface area contributed by atoms with Gasteiger partial charge in [0.15, 0.2) is 0 Å². The number of nitrogen functional groups attached to an aromatic ring is 1. The molecule has 0 bridgehead atoms. The topological polar surface area (TPSA) is 26.0 Å². The molecule has 0 atom stereocenters. The molecule has 1 heteroatoms. The van der Waals surface area contributed by atoms with Crippen molar-refractivity contribution < 1.29 is 0 Å². The van der Waals surface area contributed by atoms with Gasteiger partial charge in [-0.3, -0.25) is 0 Å². The second-order valence-corrected chi connectivity index (χ2v) is 6.07. The van der Waals surface area contributed by atoms with E-state index in [9.17, 15) is 0 Å². The normalized spacial score (nSPS) is 10.9. The molecule has 0 aliphatic rings. The van der Waals surface area contributed by atoms with Gasteiger partial charge in [0.2, 0.25) is 0 Å². The third-order valence-electron chi connectivity index (χ3n) is 4.23. The van der Waals surface area contributed by atoms with Gasteiger partial charge in [-0.15, -0.1) is 0 Å². The van der Waals surface area contributed by atoms with Crippen LogP contribution in [0, 0.1) is 6.92 Å². The first-order valence-electron chi connectivity index (χ1n) is 8.59. The van der Waals surface area contributed by atoms with Crippen LogP contribution in [0.2, 0.25) is 0 Å².